The number of carbonyl (C=O) groups excluding carboxylic acids is 5. The van der Waals surface area contributed by atoms with Gasteiger partial charge in [-0.25, -0.2) is 0 Å². The molecule has 0 N–H and O–H groups in total. The molecule has 0 aliphatic carbocycles. The number of esters is 4. The average Bonchev–Trinajstić information content (AvgIpc) is 2.70. The largest absolute Gasteiger partial charge is 0.463 e. The van der Waals surface area contributed by atoms with Crippen molar-refractivity contribution in [2.45, 2.75) is 65.3 Å². The van der Waals surface area contributed by atoms with Crippen LogP contribution in [0.5, 0.6) is 5.75 Å². The maximum Gasteiger partial charge on any atom is 0.303 e. The second-order valence-electron chi connectivity index (χ2n) is 7.27. The molecular weight excluding hydrogens is 440 g/mol. The molecule has 33 heavy (non-hydrogen) atoms. The number of ketones is 1. The Hall–Kier alpha value is -3.47. The first-order chi connectivity index (χ1) is 15.5. The average molecular weight is 466 g/mol. The lowest BCUT2D eigenvalue weighted by Gasteiger charge is -2.43. The van der Waals surface area contributed by atoms with E-state index in [2.05, 4.69) is 0 Å². The Morgan fingerprint density at radius 2 is 1.24 bits per heavy atom. The van der Waals surface area contributed by atoms with E-state index in [0.29, 0.717) is 5.56 Å². The number of ether oxygens (including phenoxy) is 6. The molecule has 0 spiro atoms. The van der Waals surface area contributed by atoms with E-state index in [1.165, 1.54) is 38.1 Å². The number of benzene rings is 1. The van der Waals surface area contributed by atoms with Crippen LogP contribution in [0.25, 0.3) is 0 Å². The number of hydrogen-bond acceptors (Lipinski definition) is 11. The highest BCUT2D eigenvalue weighted by molar-refractivity contribution is 5.94. The monoisotopic (exact) mass is 466 g/mol. The summed E-state index contributed by atoms with van der Waals surface area (Å²) in [7, 11) is 0. The van der Waals surface area contributed by atoms with Gasteiger partial charge in [0.25, 0.3) is 0 Å². The molecule has 0 aromatic heterocycles. The first-order valence-corrected chi connectivity index (χ1v) is 10.1. The van der Waals surface area contributed by atoms with Gasteiger partial charge in [-0.15, -0.1) is 0 Å². The molecular formula is C22H26O11. The number of carbonyl (C=O) groups is 5. The summed E-state index contributed by atoms with van der Waals surface area (Å²) in [5.74, 6) is -2.72. The summed E-state index contributed by atoms with van der Waals surface area (Å²) in [5.41, 5.74) is 0.448. The summed E-state index contributed by atoms with van der Waals surface area (Å²) in [6.45, 7) is 5.63. The third-order valence-corrected chi connectivity index (χ3v) is 4.46. The van der Waals surface area contributed by atoms with Gasteiger partial charge in [0, 0.05) is 33.3 Å². The second-order valence-corrected chi connectivity index (χ2v) is 7.27. The SMILES string of the molecule is CC(=O)OCC1O[C@@H](Oc2ccc(C(C)=O)cc2)C(OC(C)=O)C(OC(C)=O)[C@@H]1OC(C)=O. The van der Waals surface area contributed by atoms with Crippen LogP contribution in [-0.4, -0.2) is 67.0 Å². The fraction of sp³-hybridized carbons (Fsp3) is 0.500. The van der Waals surface area contributed by atoms with Crippen molar-refractivity contribution in [2.24, 2.45) is 0 Å². The van der Waals surface area contributed by atoms with E-state index in [1.54, 1.807) is 0 Å². The van der Waals surface area contributed by atoms with Gasteiger partial charge in [0.1, 0.15) is 18.5 Å². The van der Waals surface area contributed by atoms with Crippen LogP contribution in [0.2, 0.25) is 0 Å². The third kappa shape index (κ3) is 7.56. The summed E-state index contributed by atoms with van der Waals surface area (Å²) in [6.07, 6.45) is -6.39. The fourth-order valence-corrected chi connectivity index (χ4v) is 3.19. The zero-order chi connectivity index (χ0) is 24.7. The highest BCUT2D eigenvalue weighted by atomic mass is 16.7. The first kappa shape index (κ1) is 25.8. The summed E-state index contributed by atoms with van der Waals surface area (Å²) in [5, 5.41) is 0. The van der Waals surface area contributed by atoms with Crippen molar-refractivity contribution >= 4 is 29.7 Å². The molecule has 3 unspecified atom stereocenters. The maximum absolute atomic E-state index is 11.8. The summed E-state index contributed by atoms with van der Waals surface area (Å²) in [6, 6.07) is 6.07. The minimum Gasteiger partial charge on any atom is -0.463 e. The van der Waals surface area contributed by atoms with Crippen molar-refractivity contribution in [1.82, 2.24) is 0 Å². The topological polar surface area (TPSA) is 141 Å². The van der Waals surface area contributed by atoms with Crippen molar-refractivity contribution in [3.63, 3.8) is 0 Å². The fourth-order valence-electron chi connectivity index (χ4n) is 3.19. The van der Waals surface area contributed by atoms with Crippen molar-refractivity contribution in [1.29, 1.82) is 0 Å². The zero-order valence-corrected chi connectivity index (χ0v) is 18.9. The number of Topliss-reactive ketones (excluding diaryl/α,β-unsaturated/α-hetero) is 1. The van der Waals surface area contributed by atoms with Gasteiger partial charge < -0.3 is 28.4 Å². The van der Waals surface area contributed by atoms with Crippen LogP contribution in [0.4, 0.5) is 0 Å². The lowest BCUT2D eigenvalue weighted by Crippen LogP contribution is -2.63. The van der Waals surface area contributed by atoms with Gasteiger partial charge in [-0.1, -0.05) is 0 Å². The molecule has 5 atom stereocenters. The number of hydrogen-bond donors (Lipinski definition) is 0. The minimum absolute atomic E-state index is 0.145. The quantitative estimate of drug-likeness (QED) is 0.311. The Labute approximate surface area is 190 Å². The van der Waals surface area contributed by atoms with Crippen LogP contribution in [0.3, 0.4) is 0 Å². The van der Waals surface area contributed by atoms with E-state index in [1.807, 2.05) is 0 Å². The van der Waals surface area contributed by atoms with Gasteiger partial charge in [-0.05, 0) is 31.2 Å². The molecule has 1 aromatic carbocycles. The summed E-state index contributed by atoms with van der Waals surface area (Å²) < 4.78 is 32.6. The van der Waals surface area contributed by atoms with Crippen LogP contribution in [-0.2, 0) is 42.9 Å². The van der Waals surface area contributed by atoms with E-state index >= 15 is 0 Å². The Morgan fingerprint density at radius 3 is 1.73 bits per heavy atom. The van der Waals surface area contributed by atoms with E-state index < -0.39 is 54.6 Å². The molecule has 2 rings (SSSR count). The molecule has 0 amide bonds. The maximum atomic E-state index is 11.8. The molecule has 0 bridgehead atoms. The van der Waals surface area contributed by atoms with Crippen LogP contribution >= 0.6 is 0 Å². The van der Waals surface area contributed by atoms with E-state index in [9.17, 15) is 24.0 Å². The van der Waals surface area contributed by atoms with Gasteiger partial charge in [0.05, 0.1) is 0 Å². The molecule has 11 heteroatoms. The van der Waals surface area contributed by atoms with Crippen molar-refractivity contribution in [2.75, 3.05) is 6.61 Å². The molecule has 1 fully saturated rings. The van der Waals surface area contributed by atoms with Gasteiger partial charge in [0.2, 0.25) is 12.4 Å². The van der Waals surface area contributed by atoms with Gasteiger partial charge in [-0.2, -0.15) is 0 Å². The highest BCUT2D eigenvalue weighted by Gasteiger charge is 2.53. The Bertz CT molecular complexity index is 892. The standard InChI is InChI=1S/C22H26O11/c1-11(23)16-6-8-17(9-7-16)32-22-21(31-15(5)27)20(30-14(4)26)19(29-13(3)25)18(33-22)10-28-12(2)24/h6-9,18-22H,10H2,1-5H3/t18?,19-,20?,21?,22-/m1/s1. The number of rotatable bonds is 8. The smallest absolute Gasteiger partial charge is 0.303 e. The Balaban J connectivity index is 2.43. The van der Waals surface area contributed by atoms with Gasteiger partial charge >= 0.3 is 23.9 Å². The van der Waals surface area contributed by atoms with Crippen molar-refractivity contribution in [3.05, 3.63) is 29.8 Å². The molecule has 11 nitrogen and oxygen atoms in total. The normalized spacial score (nSPS) is 24.2. The molecule has 0 radical (unpaired) electrons. The van der Waals surface area contributed by atoms with Crippen molar-refractivity contribution < 1.29 is 52.4 Å². The molecule has 1 aromatic rings. The van der Waals surface area contributed by atoms with E-state index in [0.717, 1.165) is 20.8 Å². The molecule has 1 saturated heterocycles. The first-order valence-electron chi connectivity index (χ1n) is 10.1. The second kappa shape index (κ2) is 11.4. The van der Waals surface area contributed by atoms with Crippen LogP contribution in [0, 0.1) is 0 Å². The third-order valence-electron chi connectivity index (χ3n) is 4.46. The van der Waals surface area contributed by atoms with Crippen molar-refractivity contribution in [3.8, 4) is 5.75 Å². The Morgan fingerprint density at radius 1 is 0.727 bits per heavy atom. The molecule has 180 valence electrons. The van der Waals surface area contributed by atoms with Crippen LogP contribution in [0.15, 0.2) is 24.3 Å². The lowest BCUT2D eigenvalue weighted by molar-refractivity contribution is -0.288. The summed E-state index contributed by atoms with van der Waals surface area (Å²) >= 11 is 0. The van der Waals surface area contributed by atoms with E-state index in [-0.39, 0.29) is 18.1 Å². The predicted molar refractivity (Wildman–Crippen MR) is 109 cm³/mol. The predicted octanol–water partition coefficient (Wildman–Crippen LogP) is 1.35. The lowest BCUT2D eigenvalue weighted by atomic mass is 9.98. The summed E-state index contributed by atoms with van der Waals surface area (Å²) in [4.78, 5) is 58.2. The molecule has 0 saturated carbocycles. The molecule has 1 aliphatic rings. The van der Waals surface area contributed by atoms with Crippen LogP contribution < -0.4 is 4.74 Å². The van der Waals surface area contributed by atoms with Gasteiger partial charge in [-0.3, -0.25) is 24.0 Å². The minimum atomic E-state index is -1.34. The molecule has 1 heterocycles. The van der Waals surface area contributed by atoms with Gasteiger partial charge in [0.15, 0.2) is 18.0 Å². The molecule has 1 aliphatic heterocycles. The van der Waals surface area contributed by atoms with E-state index in [4.69, 9.17) is 28.4 Å². The van der Waals surface area contributed by atoms with Crippen LogP contribution in [0.1, 0.15) is 45.0 Å². The zero-order valence-electron chi connectivity index (χ0n) is 18.9. The highest BCUT2D eigenvalue weighted by Crippen LogP contribution is 2.31. The Kier molecular flexibility index (Phi) is 8.92.